The maximum Gasteiger partial charge on any atom is 0.416 e. The van der Waals surface area contributed by atoms with Crippen LogP contribution in [0.2, 0.25) is 5.02 Å². The number of alkyl halides is 3. The normalized spacial score (nSPS) is 18.1. The molecular weight excluding hydrogens is 597 g/mol. The molecule has 1 amide bonds. The first-order valence-corrected chi connectivity index (χ1v) is 14.8. The van der Waals surface area contributed by atoms with Crippen LogP contribution >= 0.6 is 11.6 Å². The molecule has 1 aliphatic carbocycles. The number of aliphatic imine (C=N–C) groups is 1. The number of hydrogen-bond acceptors (Lipinski definition) is 8. The summed E-state index contributed by atoms with van der Waals surface area (Å²) in [6, 6.07) is 6.49. The van der Waals surface area contributed by atoms with E-state index in [-0.39, 0.29) is 29.8 Å². The molecule has 0 unspecified atom stereocenters. The Kier molecular flexibility index (Phi) is 10.0. The predicted molar refractivity (Wildman–Crippen MR) is 164 cm³/mol. The number of amides is 1. The Hall–Kier alpha value is -3.71. The summed E-state index contributed by atoms with van der Waals surface area (Å²) in [4.78, 5) is 25.9. The number of aliphatic hydroxyl groups is 1. The van der Waals surface area contributed by atoms with Crippen LogP contribution in [0.15, 0.2) is 76.3 Å². The van der Waals surface area contributed by atoms with Gasteiger partial charge in [0.05, 0.1) is 35.1 Å². The molecule has 2 aliphatic heterocycles. The number of nitrogens with one attached hydrogen (secondary N) is 2. The Morgan fingerprint density at radius 3 is 2.64 bits per heavy atom. The number of aromatic nitrogens is 1. The van der Waals surface area contributed by atoms with Crippen molar-refractivity contribution in [1.82, 2.24) is 14.8 Å². The van der Waals surface area contributed by atoms with Gasteiger partial charge in [-0.1, -0.05) is 17.7 Å². The summed E-state index contributed by atoms with van der Waals surface area (Å²) in [5.74, 6) is 1.77. The Morgan fingerprint density at radius 1 is 1.11 bits per heavy atom. The fourth-order valence-electron chi connectivity index (χ4n) is 5.15. The average Bonchev–Trinajstić information content (AvgIpc) is 3.13. The minimum absolute atomic E-state index is 0.114. The molecule has 0 spiro atoms. The van der Waals surface area contributed by atoms with Gasteiger partial charge in [0.15, 0.2) is 0 Å². The Balaban J connectivity index is 1.25. The van der Waals surface area contributed by atoms with E-state index in [9.17, 15) is 18.0 Å². The molecule has 3 N–H and O–H groups in total. The van der Waals surface area contributed by atoms with Crippen LogP contribution < -0.4 is 15.4 Å². The molecule has 9 nitrogen and oxygen atoms in total. The lowest BCUT2D eigenvalue weighted by Crippen LogP contribution is -2.49. The predicted octanol–water partition coefficient (Wildman–Crippen LogP) is 5.47. The fraction of sp³-hybridized carbons (Fsp3) is 0.387. The topological polar surface area (TPSA) is 102 Å². The first kappa shape index (κ1) is 31.7. The largest absolute Gasteiger partial charge is 0.461 e. The molecule has 13 heteroatoms. The Labute approximate surface area is 258 Å². The molecule has 234 valence electrons. The number of anilines is 2. The van der Waals surface area contributed by atoms with E-state index >= 15 is 0 Å². The van der Waals surface area contributed by atoms with Crippen molar-refractivity contribution in [1.29, 1.82) is 0 Å². The summed E-state index contributed by atoms with van der Waals surface area (Å²) in [6.45, 7) is 5.96. The maximum atomic E-state index is 13.3. The van der Waals surface area contributed by atoms with E-state index in [0.717, 1.165) is 49.5 Å². The third-order valence-corrected chi connectivity index (χ3v) is 7.97. The molecule has 1 aromatic carbocycles. The van der Waals surface area contributed by atoms with E-state index in [0.29, 0.717) is 54.7 Å². The lowest BCUT2D eigenvalue weighted by molar-refractivity contribution is -0.137. The third kappa shape index (κ3) is 8.26. The second kappa shape index (κ2) is 13.9. The Morgan fingerprint density at radius 2 is 1.89 bits per heavy atom. The van der Waals surface area contributed by atoms with Gasteiger partial charge in [-0.25, -0.2) is 9.98 Å². The lowest BCUT2D eigenvalue weighted by Gasteiger charge is -2.33. The second-order valence-corrected chi connectivity index (χ2v) is 11.2. The quantitative estimate of drug-likeness (QED) is 0.355. The van der Waals surface area contributed by atoms with E-state index in [4.69, 9.17) is 26.4 Å². The van der Waals surface area contributed by atoms with Gasteiger partial charge in [0.25, 0.3) is 0 Å². The maximum absolute atomic E-state index is 13.3. The molecule has 44 heavy (non-hydrogen) atoms. The number of ether oxygens (including phenoxy) is 1. The summed E-state index contributed by atoms with van der Waals surface area (Å²) >= 11 is 6.22. The highest BCUT2D eigenvalue weighted by molar-refractivity contribution is 6.34. The molecular formula is C31H34ClF3N6O3. The van der Waals surface area contributed by atoms with Crippen LogP contribution in [0.3, 0.4) is 0 Å². The molecule has 1 saturated heterocycles. The molecule has 0 radical (unpaired) electrons. The van der Waals surface area contributed by atoms with Crippen molar-refractivity contribution in [3.63, 3.8) is 0 Å². The van der Waals surface area contributed by atoms with Gasteiger partial charge in [-0.15, -0.1) is 0 Å². The van der Waals surface area contributed by atoms with Gasteiger partial charge in [-0.05, 0) is 55.2 Å². The molecule has 1 fully saturated rings. The Bertz CT molecular complexity index is 1510. The van der Waals surface area contributed by atoms with Crippen molar-refractivity contribution in [3.8, 4) is 5.75 Å². The number of hydrogen-bond donors (Lipinski definition) is 3. The number of piperazine rings is 1. The zero-order valence-electron chi connectivity index (χ0n) is 24.3. The van der Waals surface area contributed by atoms with Crippen molar-refractivity contribution in [3.05, 3.63) is 81.9 Å². The van der Waals surface area contributed by atoms with Crippen molar-refractivity contribution < 1.29 is 27.8 Å². The first-order valence-electron chi connectivity index (χ1n) is 14.4. The molecule has 5 rings (SSSR count). The lowest BCUT2D eigenvalue weighted by atomic mass is 9.98. The van der Waals surface area contributed by atoms with Crippen LogP contribution in [0.1, 0.15) is 31.7 Å². The standard InChI is InChI=1S/C31H34ClF3N6O3/c1-20-2-3-21-4-6-23(17-26(21)37-30(20)38-27-16-22(31(33,34)35)5-7-25(27)32)44-24-8-9-36-28(18-24)39-29(43)19-41-12-10-40(11-13-41)14-15-42/h2,5,7-9,16-18,42H,3-4,6,10-15,19H2,1H3,(H,37,38)(H,36,39,43). The van der Waals surface area contributed by atoms with E-state index in [1.807, 2.05) is 19.1 Å². The van der Waals surface area contributed by atoms with Gasteiger partial charge in [0.2, 0.25) is 5.91 Å². The second-order valence-electron chi connectivity index (χ2n) is 10.8. The SMILES string of the molecule is CC1=CCC2=C(C=C(Oc3ccnc(NC(=O)CN4CCN(CCO)CC4)c3)CC2)N=C1Nc1cc(C(F)(F)F)ccc1Cl. The number of aliphatic hydroxyl groups excluding tert-OH is 1. The highest BCUT2D eigenvalue weighted by Gasteiger charge is 2.31. The molecule has 1 aromatic heterocycles. The summed E-state index contributed by atoms with van der Waals surface area (Å²) < 4.78 is 46.1. The summed E-state index contributed by atoms with van der Waals surface area (Å²) in [5, 5.41) is 15.1. The van der Waals surface area contributed by atoms with Gasteiger partial charge < -0.3 is 20.5 Å². The van der Waals surface area contributed by atoms with Crippen LogP contribution in [-0.4, -0.2) is 77.5 Å². The molecule has 3 heterocycles. The number of amidine groups is 1. The molecule has 2 aromatic rings. The summed E-state index contributed by atoms with van der Waals surface area (Å²) in [6.07, 6.45) is 2.86. The minimum Gasteiger partial charge on any atom is -0.461 e. The third-order valence-electron chi connectivity index (χ3n) is 7.64. The van der Waals surface area contributed by atoms with Crippen molar-refractivity contribution in [2.45, 2.75) is 32.4 Å². The van der Waals surface area contributed by atoms with Gasteiger partial charge >= 0.3 is 6.18 Å². The average molecular weight is 631 g/mol. The molecule has 0 atom stereocenters. The minimum atomic E-state index is -4.50. The van der Waals surface area contributed by atoms with Crippen LogP contribution in [0.25, 0.3) is 0 Å². The molecule has 0 saturated carbocycles. The van der Waals surface area contributed by atoms with Crippen LogP contribution in [0.5, 0.6) is 5.75 Å². The van der Waals surface area contributed by atoms with Gasteiger partial charge in [0.1, 0.15) is 23.2 Å². The molecule has 3 aliphatic rings. The van der Waals surface area contributed by atoms with Crippen molar-refractivity contribution in [2.24, 2.45) is 4.99 Å². The summed E-state index contributed by atoms with van der Waals surface area (Å²) in [7, 11) is 0. The zero-order valence-corrected chi connectivity index (χ0v) is 25.0. The zero-order chi connectivity index (χ0) is 31.3. The number of benzene rings is 1. The number of pyridine rings is 1. The van der Waals surface area contributed by atoms with E-state index < -0.39 is 11.7 Å². The van der Waals surface area contributed by atoms with E-state index in [1.165, 1.54) is 6.07 Å². The number of allylic oxidation sites excluding steroid dienone is 4. The van der Waals surface area contributed by atoms with Crippen LogP contribution in [0, 0.1) is 0 Å². The van der Waals surface area contributed by atoms with E-state index in [2.05, 4.69) is 25.4 Å². The smallest absolute Gasteiger partial charge is 0.416 e. The summed E-state index contributed by atoms with van der Waals surface area (Å²) in [5.41, 5.74) is 1.85. The van der Waals surface area contributed by atoms with Gasteiger partial charge in [0, 0.05) is 57.5 Å². The monoisotopic (exact) mass is 630 g/mol. The van der Waals surface area contributed by atoms with Crippen LogP contribution in [0.4, 0.5) is 24.7 Å². The number of β-amino-alcohol motifs (C(OH)–C–C–N with tert-alkyl or cyclic N) is 1. The van der Waals surface area contributed by atoms with E-state index in [1.54, 1.807) is 18.3 Å². The van der Waals surface area contributed by atoms with Gasteiger partial charge in [-0.3, -0.25) is 14.6 Å². The van der Waals surface area contributed by atoms with Crippen molar-refractivity contribution in [2.75, 3.05) is 56.5 Å². The molecule has 0 bridgehead atoms. The first-order chi connectivity index (χ1) is 21.1. The highest BCUT2D eigenvalue weighted by Crippen LogP contribution is 2.35. The number of carbonyl (C=O) groups is 1. The van der Waals surface area contributed by atoms with Crippen molar-refractivity contribution >= 4 is 34.8 Å². The van der Waals surface area contributed by atoms with Crippen LogP contribution in [-0.2, 0) is 11.0 Å². The number of halogens is 4. The number of nitrogens with zero attached hydrogens (tertiary/aromatic N) is 4. The number of carbonyl (C=O) groups excluding carboxylic acids is 1. The number of rotatable bonds is 8. The fourth-order valence-corrected chi connectivity index (χ4v) is 5.32. The van der Waals surface area contributed by atoms with Gasteiger partial charge in [-0.2, -0.15) is 13.2 Å². The highest BCUT2D eigenvalue weighted by atomic mass is 35.5.